The maximum absolute atomic E-state index is 12.2. The number of fused-ring (bicyclic) bond motifs is 1. The van der Waals surface area contributed by atoms with E-state index in [1.165, 1.54) is 25.6 Å². The summed E-state index contributed by atoms with van der Waals surface area (Å²) in [7, 11) is 3.82. The molecule has 4 rings (SSSR count). The third-order valence-electron chi connectivity index (χ3n) is 6.01. The molecule has 0 bridgehead atoms. The van der Waals surface area contributed by atoms with Crippen LogP contribution in [0.3, 0.4) is 0 Å². The first-order valence-corrected chi connectivity index (χ1v) is 11.6. The molecule has 0 radical (unpaired) electrons. The van der Waals surface area contributed by atoms with E-state index in [-0.39, 0.29) is 24.9 Å². The van der Waals surface area contributed by atoms with Crippen LogP contribution in [0.25, 0.3) is 5.52 Å². The molecule has 2 unspecified atom stereocenters. The molecule has 174 valence electrons. The number of hydrogen-bond donors (Lipinski definition) is 0. The predicted octanol–water partition coefficient (Wildman–Crippen LogP) is 4.44. The van der Waals surface area contributed by atoms with Gasteiger partial charge in [0.1, 0.15) is 30.7 Å². The van der Waals surface area contributed by atoms with Gasteiger partial charge in [-0.1, -0.05) is 19.3 Å². The van der Waals surface area contributed by atoms with Crippen LogP contribution in [0.4, 0.5) is 10.6 Å². The smallest absolute Gasteiger partial charge is 0.432 e. The van der Waals surface area contributed by atoms with Gasteiger partial charge in [-0.2, -0.15) is 5.10 Å². The Morgan fingerprint density at radius 3 is 2.75 bits per heavy atom. The number of ether oxygens (including phenoxy) is 3. The number of carbonyl (C=O) groups is 1. The Hall–Kier alpha value is -2.68. The molecule has 2 aromatic rings. The van der Waals surface area contributed by atoms with E-state index in [9.17, 15) is 4.79 Å². The Kier molecular flexibility index (Phi) is 7.57. The van der Waals surface area contributed by atoms with Crippen LogP contribution in [-0.2, 0) is 14.2 Å². The largest absolute Gasteiger partial charge is 0.508 e. The van der Waals surface area contributed by atoms with Crippen molar-refractivity contribution < 1.29 is 19.0 Å². The number of aromatic nitrogens is 3. The first-order valence-electron chi connectivity index (χ1n) is 11.6. The summed E-state index contributed by atoms with van der Waals surface area (Å²) in [5.41, 5.74) is 1.77. The number of aliphatic imine (C=N–C) groups is 1. The first kappa shape index (κ1) is 22.5. The Bertz CT molecular complexity index is 920. The van der Waals surface area contributed by atoms with Gasteiger partial charge in [-0.05, 0) is 50.7 Å². The van der Waals surface area contributed by atoms with Gasteiger partial charge in [0.15, 0.2) is 5.82 Å². The van der Waals surface area contributed by atoms with Crippen LogP contribution in [0.1, 0.15) is 69.6 Å². The van der Waals surface area contributed by atoms with E-state index in [0.29, 0.717) is 5.82 Å². The molecular formula is C23H33N5O4. The SMILES string of the molecule is CN(C)C=Nc1ncnn2c(C3CCC(COC(=O)OC4CCCCCCC4)O3)ccc12. The van der Waals surface area contributed by atoms with Gasteiger partial charge in [0.05, 0.1) is 18.1 Å². The van der Waals surface area contributed by atoms with Crippen molar-refractivity contribution in [1.29, 1.82) is 0 Å². The van der Waals surface area contributed by atoms with Crippen molar-refractivity contribution >= 4 is 23.8 Å². The monoisotopic (exact) mass is 443 g/mol. The summed E-state index contributed by atoms with van der Waals surface area (Å²) in [6, 6.07) is 3.95. The third-order valence-corrected chi connectivity index (χ3v) is 6.01. The summed E-state index contributed by atoms with van der Waals surface area (Å²) in [6.07, 6.45) is 11.8. The molecule has 1 aliphatic heterocycles. The first-order chi connectivity index (χ1) is 15.6. The van der Waals surface area contributed by atoms with Crippen molar-refractivity contribution in [3.05, 3.63) is 24.2 Å². The summed E-state index contributed by atoms with van der Waals surface area (Å²) in [5.74, 6) is 0.606. The lowest BCUT2D eigenvalue weighted by Gasteiger charge is -2.20. The standard InChI is InChI=1S/C23H33N5O4/c1-27(2)16-25-22-20-12-11-19(28(20)26-15-24-22)21-13-10-18(31-21)14-30-23(29)32-17-8-6-4-3-5-7-9-17/h11-12,15-18,21H,3-10,13-14H2,1-2H3. The number of rotatable bonds is 6. The molecule has 9 nitrogen and oxygen atoms in total. The summed E-state index contributed by atoms with van der Waals surface area (Å²) in [4.78, 5) is 22.7. The number of carbonyl (C=O) groups excluding carboxylic acids is 1. The van der Waals surface area contributed by atoms with Gasteiger partial charge in [-0.25, -0.2) is 19.3 Å². The number of hydrogen-bond acceptors (Lipinski definition) is 7. The molecule has 3 heterocycles. The van der Waals surface area contributed by atoms with Crippen molar-refractivity contribution in [2.75, 3.05) is 20.7 Å². The second kappa shape index (κ2) is 10.8. The predicted molar refractivity (Wildman–Crippen MR) is 120 cm³/mol. The van der Waals surface area contributed by atoms with Crippen LogP contribution in [0, 0.1) is 0 Å². The highest BCUT2D eigenvalue weighted by Gasteiger charge is 2.30. The van der Waals surface area contributed by atoms with Crippen LogP contribution in [0.5, 0.6) is 0 Å². The Morgan fingerprint density at radius 2 is 1.97 bits per heavy atom. The van der Waals surface area contributed by atoms with Gasteiger partial charge in [-0.3, -0.25) is 0 Å². The molecule has 9 heteroatoms. The molecule has 1 aliphatic carbocycles. The number of nitrogens with zero attached hydrogens (tertiary/aromatic N) is 5. The molecule has 2 fully saturated rings. The molecule has 1 saturated carbocycles. The van der Waals surface area contributed by atoms with E-state index in [1.54, 1.807) is 6.34 Å². The van der Waals surface area contributed by atoms with Crippen molar-refractivity contribution in [2.45, 2.75) is 76.1 Å². The van der Waals surface area contributed by atoms with Crippen LogP contribution in [-0.4, -0.2) is 64.9 Å². The molecule has 0 aromatic carbocycles. The van der Waals surface area contributed by atoms with Gasteiger partial charge in [0.2, 0.25) is 0 Å². The van der Waals surface area contributed by atoms with Gasteiger partial charge in [0.25, 0.3) is 0 Å². The average molecular weight is 444 g/mol. The normalized spacial score (nSPS) is 22.7. The van der Waals surface area contributed by atoms with Gasteiger partial charge in [-0.15, -0.1) is 0 Å². The van der Waals surface area contributed by atoms with E-state index >= 15 is 0 Å². The van der Waals surface area contributed by atoms with Gasteiger partial charge >= 0.3 is 6.16 Å². The molecule has 0 spiro atoms. The van der Waals surface area contributed by atoms with Crippen LogP contribution < -0.4 is 0 Å². The van der Waals surface area contributed by atoms with Crippen molar-refractivity contribution in [1.82, 2.24) is 19.5 Å². The lowest BCUT2D eigenvalue weighted by Crippen LogP contribution is -2.24. The average Bonchev–Trinajstić information content (AvgIpc) is 3.39. The highest BCUT2D eigenvalue weighted by Crippen LogP contribution is 2.34. The van der Waals surface area contributed by atoms with E-state index in [1.807, 2.05) is 35.6 Å². The van der Waals surface area contributed by atoms with Crippen LogP contribution >= 0.6 is 0 Å². The molecule has 0 N–H and O–H groups in total. The molecular weight excluding hydrogens is 410 g/mol. The highest BCUT2D eigenvalue weighted by atomic mass is 16.7. The lowest BCUT2D eigenvalue weighted by molar-refractivity contribution is -0.0302. The molecule has 32 heavy (non-hydrogen) atoms. The molecule has 0 amide bonds. The summed E-state index contributed by atoms with van der Waals surface area (Å²) in [5, 5.41) is 4.38. The minimum absolute atomic E-state index is 0.0174. The lowest BCUT2D eigenvalue weighted by atomic mass is 9.99. The zero-order valence-electron chi connectivity index (χ0n) is 19.0. The van der Waals surface area contributed by atoms with Crippen LogP contribution in [0.2, 0.25) is 0 Å². The third kappa shape index (κ3) is 5.76. The zero-order chi connectivity index (χ0) is 22.3. The Labute approximate surface area is 188 Å². The topological polar surface area (TPSA) is 90.6 Å². The maximum Gasteiger partial charge on any atom is 0.508 e. The minimum atomic E-state index is -0.577. The molecule has 2 aromatic heterocycles. The quantitative estimate of drug-likeness (QED) is 0.370. The fourth-order valence-corrected chi connectivity index (χ4v) is 4.37. The highest BCUT2D eigenvalue weighted by molar-refractivity contribution is 5.70. The Morgan fingerprint density at radius 1 is 1.19 bits per heavy atom. The fraction of sp³-hybridized carbons (Fsp3) is 0.652. The van der Waals surface area contributed by atoms with E-state index in [4.69, 9.17) is 14.2 Å². The van der Waals surface area contributed by atoms with Crippen molar-refractivity contribution in [3.8, 4) is 0 Å². The van der Waals surface area contributed by atoms with E-state index < -0.39 is 6.16 Å². The van der Waals surface area contributed by atoms with E-state index in [0.717, 1.165) is 49.7 Å². The molecule has 1 saturated heterocycles. The second-order valence-electron chi connectivity index (χ2n) is 8.82. The van der Waals surface area contributed by atoms with Gasteiger partial charge < -0.3 is 19.1 Å². The van der Waals surface area contributed by atoms with Crippen molar-refractivity contribution in [3.63, 3.8) is 0 Å². The zero-order valence-corrected chi connectivity index (χ0v) is 19.0. The van der Waals surface area contributed by atoms with Crippen LogP contribution in [0.15, 0.2) is 23.5 Å². The molecule has 2 atom stereocenters. The van der Waals surface area contributed by atoms with E-state index in [2.05, 4.69) is 15.1 Å². The summed E-state index contributed by atoms with van der Waals surface area (Å²) >= 11 is 0. The summed E-state index contributed by atoms with van der Waals surface area (Å²) in [6.45, 7) is 0.207. The fourth-order valence-electron chi connectivity index (χ4n) is 4.37. The van der Waals surface area contributed by atoms with Gasteiger partial charge in [0, 0.05) is 14.1 Å². The summed E-state index contributed by atoms with van der Waals surface area (Å²) < 4.78 is 18.9. The molecule has 2 aliphatic rings. The Balaban J connectivity index is 1.30. The maximum atomic E-state index is 12.2. The minimum Gasteiger partial charge on any atom is -0.432 e. The van der Waals surface area contributed by atoms with Crippen molar-refractivity contribution in [2.24, 2.45) is 4.99 Å². The second-order valence-corrected chi connectivity index (χ2v) is 8.82.